The molecular weight excluding hydrogens is 292 g/mol. The maximum Gasteiger partial charge on any atom is 0.286 e. The summed E-state index contributed by atoms with van der Waals surface area (Å²) in [6.07, 6.45) is 1.79. The minimum Gasteiger partial charge on any atom is -0.493 e. The highest BCUT2D eigenvalue weighted by Gasteiger charge is 2.25. The highest BCUT2D eigenvalue weighted by molar-refractivity contribution is 5.99. The molecule has 0 radical (unpaired) electrons. The van der Waals surface area contributed by atoms with E-state index in [0.717, 1.165) is 12.8 Å². The van der Waals surface area contributed by atoms with Crippen LogP contribution >= 0.6 is 0 Å². The predicted octanol–water partition coefficient (Wildman–Crippen LogP) is 1.52. The number of nitrogens with zero attached hydrogens (tertiary/aromatic N) is 1. The van der Waals surface area contributed by atoms with Crippen molar-refractivity contribution in [3.8, 4) is 11.5 Å². The first-order chi connectivity index (χ1) is 10.6. The molecule has 1 aromatic rings. The molecule has 0 spiro atoms. The summed E-state index contributed by atoms with van der Waals surface area (Å²) in [7, 11) is 2.77. The fourth-order valence-electron chi connectivity index (χ4n) is 2.31. The van der Waals surface area contributed by atoms with Gasteiger partial charge in [0, 0.05) is 19.2 Å². The van der Waals surface area contributed by atoms with Crippen LogP contribution in [0.15, 0.2) is 12.1 Å². The first-order valence-corrected chi connectivity index (χ1v) is 6.87. The Kier molecular flexibility index (Phi) is 5.16. The normalized spacial score (nSPS) is 17.1. The summed E-state index contributed by atoms with van der Waals surface area (Å²) in [5, 5.41) is 13.8. The lowest BCUT2D eigenvalue weighted by atomic mass is 10.1. The molecule has 0 unspecified atom stereocenters. The van der Waals surface area contributed by atoms with E-state index in [0.29, 0.717) is 13.2 Å². The van der Waals surface area contributed by atoms with Gasteiger partial charge in [0.2, 0.25) is 0 Å². The van der Waals surface area contributed by atoms with Crippen molar-refractivity contribution in [3.63, 3.8) is 0 Å². The molecule has 0 saturated carbocycles. The Morgan fingerprint density at radius 2 is 2.09 bits per heavy atom. The maximum absolute atomic E-state index is 12.2. The van der Waals surface area contributed by atoms with Gasteiger partial charge in [0.05, 0.1) is 31.3 Å². The van der Waals surface area contributed by atoms with E-state index >= 15 is 0 Å². The highest BCUT2D eigenvalue weighted by Crippen LogP contribution is 2.34. The maximum atomic E-state index is 12.2. The average molecular weight is 310 g/mol. The van der Waals surface area contributed by atoms with Crippen molar-refractivity contribution >= 4 is 11.6 Å². The number of nitrogens with one attached hydrogen (secondary N) is 1. The molecule has 2 rings (SSSR count). The van der Waals surface area contributed by atoms with Crippen LogP contribution in [-0.2, 0) is 4.74 Å². The number of nitro groups is 1. The summed E-state index contributed by atoms with van der Waals surface area (Å²) in [5.74, 6) is -0.0802. The van der Waals surface area contributed by atoms with Crippen LogP contribution in [0.5, 0.6) is 11.5 Å². The van der Waals surface area contributed by atoms with Crippen molar-refractivity contribution in [3.05, 3.63) is 27.8 Å². The molecule has 1 amide bonds. The lowest BCUT2D eigenvalue weighted by Crippen LogP contribution is -2.32. The van der Waals surface area contributed by atoms with E-state index in [2.05, 4.69) is 5.32 Å². The fraction of sp³-hybridized carbons (Fsp3) is 0.500. The molecule has 120 valence electrons. The summed E-state index contributed by atoms with van der Waals surface area (Å²) in [6.45, 7) is 1.00. The van der Waals surface area contributed by atoms with E-state index in [9.17, 15) is 14.9 Å². The number of hydrogen-bond donors (Lipinski definition) is 1. The van der Waals surface area contributed by atoms with Gasteiger partial charge in [-0.2, -0.15) is 0 Å². The Balaban J connectivity index is 2.22. The molecule has 8 heteroatoms. The SMILES string of the molecule is COc1cc(C(=O)NC[C@@H]2CCCO2)c([N+](=O)[O-])cc1OC. The van der Waals surface area contributed by atoms with Crippen LogP contribution in [0.3, 0.4) is 0 Å². The van der Waals surface area contributed by atoms with Crippen LogP contribution in [-0.4, -0.2) is 44.3 Å². The van der Waals surface area contributed by atoms with Crippen molar-refractivity contribution in [1.82, 2.24) is 5.32 Å². The molecule has 0 bridgehead atoms. The highest BCUT2D eigenvalue weighted by atomic mass is 16.6. The minimum absolute atomic E-state index is 0.0387. The van der Waals surface area contributed by atoms with Crippen LogP contribution in [0.4, 0.5) is 5.69 Å². The Labute approximate surface area is 127 Å². The Hall–Kier alpha value is -2.35. The summed E-state index contributed by atoms with van der Waals surface area (Å²) >= 11 is 0. The molecular formula is C14H18N2O6. The Morgan fingerprint density at radius 1 is 1.41 bits per heavy atom. The monoisotopic (exact) mass is 310 g/mol. The molecule has 1 heterocycles. The quantitative estimate of drug-likeness (QED) is 0.631. The van der Waals surface area contributed by atoms with Crippen molar-refractivity contribution < 1.29 is 23.9 Å². The van der Waals surface area contributed by atoms with E-state index in [4.69, 9.17) is 14.2 Å². The summed E-state index contributed by atoms with van der Waals surface area (Å²) in [5.41, 5.74) is -0.400. The topological polar surface area (TPSA) is 99.9 Å². The third-order valence-electron chi connectivity index (χ3n) is 3.46. The van der Waals surface area contributed by atoms with Crippen LogP contribution < -0.4 is 14.8 Å². The lowest BCUT2D eigenvalue weighted by molar-refractivity contribution is -0.385. The van der Waals surface area contributed by atoms with Gasteiger partial charge in [-0.15, -0.1) is 0 Å². The molecule has 1 aromatic carbocycles. The molecule has 8 nitrogen and oxygen atoms in total. The second kappa shape index (κ2) is 7.08. The van der Waals surface area contributed by atoms with E-state index in [1.807, 2.05) is 0 Å². The van der Waals surface area contributed by atoms with E-state index in [1.165, 1.54) is 26.4 Å². The molecule has 1 aliphatic heterocycles. The molecule has 1 fully saturated rings. The first-order valence-electron chi connectivity index (χ1n) is 6.87. The molecule has 1 N–H and O–H groups in total. The van der Waals surface area contributed by atoms with Gasteiger partial charge in [0.15, 0.2) is 11.5 Å². The number of carbonyl (C=O) groups is 1. The zero-order valence-electron chi connectivity index (χ0n) is 12.5. The Morgan fingerprint density at radius 3 is 2.64 bits per heavy atom. The number of amides is 1. The van der Waals surface area contributed by atoms with Gasteiger partial charge >= 0.3 is 0 Å². The van der Waals surface area contributed by atoms with Gasteiger partial charge in [0.25, 0.3) is 11.6 Å². The van der Waals surface area contributed by atoms with E-state index in [-0.39, 0.29) is 28.9 Å². The lowest BCUT2D eigenvalue weighted by Gasteiger charge is -2.13. The first kappa shape index (κ1) is 16.0. The van der Waals surface area contributed by atoms with Crippen LogP contribution in [0, 0.1) is 10.1 Å². The molecule has 1 saturated heterocycles. The number of methoxy groups -OCH3 is 2. The number of hydrogen-bond acceptors (Lipinski definition) is 6. The van der Waals surface area contributed by atoms with Crippen molar-refractivity contribution in [2.75, 3.05) is 27.4 Å². The van der Waals surface area contributed by atoms with E-state index < -0.39 is 10.8 Å². The van der Waals surface area contributed by atoms with Gasteiger partial charge in [-0.25, -0.2) is 0 Å². The molecule has 0 aliphatic carbocycles. The summed E-state index contributed by atoms with van der Waals surface area (Å²) < 4.78 is 15.5. The van der Waals surface area contributed by atoms with Crippen molar-refractivity contribution in [2.24, 2.45) is 0 Å². The number of ether oxygens (including phenoxy) is 3. The number of nitro benzene ring substituents is 1. The molecule has 22 heavy (non-hydrogen) atoms. The minimum atomic E-state index is -0.622. The van der Waals surface area contributed by atoms with Gasteiger partial charge in [0.1, 0.15) is 5.56 Å². The standard InChI is InChI=1S/C14H18N2O6/c1-20-12-6-10(11(16(18)19)7-13(12)21-2)14(17)15-8-9-4-3-5-22-9/h6-7,9H,3-5,8H2,1-2H3,(H,15,17)/t9-/m0/s1. The number of rotatable bonds is 6. The van der Waals surface area contributed by atoms with Crippen LogP contribution in [0.2, 0.25) is 0 Å². The second-order valence-corrected chi connectivity index (χ2v) is 4.83. The van der Waals surface area contributed by atoms with Crippen LogP contribution in [0.1, 0.15) is 23.2 Å². The Bertz CT molecular complexity index is 569. The zero-order chi connectivity index (χ0) is 16.1. The van der Waals surface area contributed by atoms with Gasteiger partial charge < -0.3 is 19.5 Å². The smallest absolute Gasteiger partial charge is 0.286 e. The zero-order valence-corrected chi connectivity index (χ0v) is 12.5. The van der Waals surface area contributed by atoms with Gasteiger partial charge in [-0.1, -0.05) is 0 Å². The third-order valence-corrected chi connectivity index (χ3v) is 3.46. The largest absolute Gasteiger partial charge is 0.493 e. The number of carbonyl (C=O) groups excluding carboxylic acids is 1. The molecule has 0 aromatic heterocycles. The van der Waals surface area contributed by atoms with E-state index in [1.54, 1.807) is 0 Å². The number of benzene rings is 1. The fourth-order valence-corrected chi connectivity index (χ4v) is 2.31. The molecule has 1 aliphatic rings. The van der Waals surface area contributed by atoms with Crippen LogP contribution in [0.25, 0.3) is 0 Å². The second-order valence-electron chi connectivity index (χ2n) is 4.83. The summed E-state index contributed by atoms with van der Waals surface area (Å²) in [6, 6.07) is 2.49. The van der Waals surface area contributed by atoms with Gasteiger partial charge in [-0.3, -0.25) is 14.9 Å². The van der Waals surface area contributed by atoms with Crippen molar-refractivity contribution in [2.45, 2.75) is 18.9 Å². The average Bonchev–Trinajstić information content (AvgIpc) is 3.04. The van der Waals surface area contributed by atoms with Gasteiger partial charge in [-0.05, 0) is 12.8 Å². The van der Waals surface area contributed by atoms with Crippen molar-refractivity contribution in [1.29, 1.82) is 0 Å². The summed E-state index contributed by atoms with van der Waals surface area (Å²) in [4.78, 5) is 22.8. The predicted molar refractivity (Wildman–Crippen MR) is 77.5 cm³/mol. The third kappa shape index (κ3) is 3.45. The molecule has 1 atom stereocenters.